The molecule has 4 heteroatoms. The molecule has 0 spiro atoms. The van der Waals surface area contributed by atoms with Gasteiger partial charge in [-0.3, -0.25) is 9.59 Å². The van der Waals surface area contributed by atoms with Crippen LogP contribution in [0, 0.1) is 5.92 Å². The normalized spacial score (nSPS) is 23.0. The van der Waals surface area contributed by atoms with E-state index in [-0.39, 0.29) is 0 Å². The number of hydrogen-bond donors (Lipinski definition) is 0. The molecule has 1 atom stereocenters. The van der Waals surface area contributed by atoms with Gasteiger partial charge in [-0.15, -0.1) is 0 Å². The van der Waals surface area contributed by atoms with Gasteiger partial charge in [0.1, 0.15) is 0 Å². The molecule has 0 aromatic rings. The Hall–Kier alpha value is -1.06. The molecule has 1 fully saturated rings. The Bertz CT molecular complexity index is 175. The van der Waals surface area contributed by atoms with Gasteiger partial charge in [0, 0.05) is 6.42 Å². The molecule has 0 bridgehead atoms. The topological polar surface area (TPSA) is 52.6 Å². The summed E-state index contributed by atoms with van der Waals surface area (Å²) in [5, 5.41) is 0. The lowest BCUT2D eigenvalue weighted by molar-refractivity contribution is -0.155. The Morgan fingerprint density at radius 3 is 3.00 bits per heavy atom. The average Bonchev–Trinajstić information content (AvgIpc) is 2.36. The Morgan fingerprint density at radius 1 is 1.82 bits per heavy atom. The van der Waals surface area contributed by atoms with E-state index in [0.717, 1.165) is 0 Å². The first-order valence-corrected chi connectivity index (χ1v) is 3.59. The van der Waals surface area contributed by atoms with E-state index in [1.165, 1.54) is 0 Å². The third kappa shape index (κ3) is 1.69. The number of hydrogen-bond acceptors (Lipinski definition) is 4. The van der Waals surface area contributed by atoms with Gasteiger partial charge in [-0.1, -0.05) is 0 Å². The van der Waals surface area contributed by atoms with Crippen LogP contribution >= 0.6 is 0 Å². The molecule has 62 valence electrons. The fraction of sp³-hybridized carbons (Fsp3) is 0.714. The van der Waals surface area contributed by atoms with Crippen molar-refractivity contribution in [3.63, 3.8) is 0 Å². The van der Waals surface area contributed by atoms with Crippen LogP contribution in [-0.4, -0.2) is 25.2 Å². The summed E-state index contributed by atoms with van der Waals surface area (Å²) in [5.74, 6) is -1.59. The summed E-state index contributed by atoms with van der Waals surface area (Å²) in [5.41, 5.74) is 0. The lowest BCUT2D eigenvalue weighted by Gasteiger charge is -2.03. The van der Waals surface area contributed by atoms with Crippen LogP contribution in [0.4, 0.5) is 0 Å². The second-order valence-electron chi connectivity index (χ2n) is 2.26. The zero-order valence-electron chi connectivity index (χ0n) is 6.33. The van der Waals surface area contributed by atoms with Crippen molar-refractivity contribution in [2.75, 3.05) is 13.2 Å². The maximum atomic E-state index is 10.9. The highest BCUT2D eigenvalue weighted by Crippen LogP contribution is 2.15. The van der Waals surface area contributed by atoms with Crippen molar-refractivity contribution < 1.29 is 19.1 Å². The van der Waals surface area contributed by atoms with Gasteiger partial charge >= 0.3 is 11.9 Å². The van der Waals surface area contributed by atoms with E-state index < -0.39 is 17.9 Å². The maximum Gasteiger partial charge on any atom is 0.320 e. The summed E-state index contributed by atoms with van der Waals surface area (Å²) in [4.78, 5) is 21.7. The molecule has 0 aromatic heterocycles. The Kier molecular flexibility index (Phi) is 2.46. The smallest absolute Gasteiger partial charge is 0.320 e. The number of carbonyl (C=O) groups is 2. The van der Waals surface area contributed by atoms with Gasteiger partial charge in [0.15, 0.2) is 5.92 Å². The SMILES string of the molecule is CCOC(=O)[C@@H]1CCOC1=O. The summed E-state index contributed by atoms with van der Waals surface area (Å²) in [6, 6.07) is 0. The number of rotatable bonds is 2. The maximum absolute atomic E-state index is 10.9. The molecule has 1 heterocycles. The minimum Gasteiger partial charge on any atom is -0.465 e. The van der Waals surface area contributed by atoms with Crippen LogP contribution in [0.2, 0.25) is 0 Å². The fourth-order valence-corrected chi connectivity index (χ4v) is 0.953. The fourth-order valence-electron chi connectivity index (χ4n) is 0.953. The van der Waals surface area contributed by atoms with Crippen LogP contribution in [0.5, 0.6) is 0 Å². The third-order valence-electron chi connectivity index (χ3n) is 1.51. The molecule has 1 aliphatic heterocycles. The van der Waals surface area contributed by atoms with Gasteiger partial charge < -0.3 is 9.47 Å². The van der Waals surface area contributed by atoms with Gasteiger partial charge in [0.05, 0.1) is 13.2 Å². The van der Waals surface area contributed by atoms with Crippen LogP contribution in [0.25, 0.3) is 0 Å². The summed E-state index contributed by atoms with van der Waals surface area (Å²) >= 11 is 0. The molecule has 0 saturated carbocycles. The highest BCUT2D eigenvalue weighted by Gasteiger charge is 2.34. The van der Waals surface area contributed by atoms with E-state index in [4.69, 9.17) is 0 Å². The second kappa shape index (κ2) is 3.37. The number of carbonyl (C=O) groups excluding carboxylic acids is 2. The Balaban J connectivity index is 2.46. The summed E-state index contributed by atoms with van der Waals surface area (Å²) in [6.45, 7) is 2.35. The molecule has 11 heavy (non-hydrogen) atoms. The van der Waals surface area contributed by atoms with E-state index in [2.05, 4.69) is 9.47 Å². The van der Waals surface area contributed by atoms with Crippen LogP contribution in [0.15, 0.2) is 0 Å². The first-order valence-electron chi connectivity index (χ1n) is 3.59. The predicted molar refractivity (Wildman–Crippen MR) is 35.7 cm³/mol. The van der Waals surface area contributed by atoms with Crippen molar-refractivity contribution in [3.8, 4) is 0 Å². The quantitative estimate of drug-likeness (QED) is 0.423. The van der Waals surface area contributed by atoms with Gasteiger partial charge in [0.2, 0.25) is 0 Å². The average molecular weight is 158 g/mol. The zero-order chi connectivity index (χ0) is 8.27. The number of ether oxygens (including phenoxy) is 2. The van der Waals surface area contributed by atoms with E-state index >= 15 is 0 Å². The summed E-state index contributed by atoms with van der Waals surface area (Å²) < 4.78 is 9.25. The molecule has 1 aliphatic rings. The lowest BCUT2D eigenvalue weighted by atomic mass is 10.1. The van der Waals surface area contributed by atoms with E-state index in [0.29, 0.717) is 19.6 Å². The Morgan fingerprint density at radius 2 is 2.55 bits per heavy atom. The van der Waals surface area contributed by atoms with Crippen molar-refractivity contribution in [1.82, 2.24) is 0 Å². The van der Waals surface area contributed by atoms with Crippen molar-refractivity contribution in [2.24, 2.45) is 5.92 Å². The molecule has 0 radical (unpaired) electrons. The van der Waals surface area contributed by atoms with Gasteiger partial charge in [-0.25, -0.2) is 0 Å². The third-order valence-corrected chi connectivity index (χ3v) is 1.51. The van der Waals surface area contributed by atoms with Crippen molar-refractivity contribution in [1.29, 1.82) is 0 Å². The minimum atomic E-state index is -0.671. The highest BCUT2D eigenvalue weighted by atomic mass is 16.6. The molecule has 0 amide bonds. The largest absolute Gasteiger partial charge is 0.465 e. The minimum absolute atomic E-state index is 0.308. The predicted octanol–water partition coefficient (Wildman–Crippen LogP) is 0.113. The molecule has 0 aromatic carbocycles. The van der Waals surface area contributed by atoms with Gasteiger partial charge in [0.25, 0.3) is 0 Å². The number of esters is 2. The highest BCUT2D eigenvalue weighted by molar-refractivity contribution is 5.95. The molecule has 0 N–H and O–H groups in total. The van der Waals surface area contributed by atoms with Gasteiger partial charge in [-0.05, 0) is 6.92 Å². The van der Waals surface area contributed by atoms with E-state index in [9.17, 15) is 9.59 Å². The van der Waals surface area contributed by atoms with Gasteiger partial charge in [-0.2, -0.15) is 0 Å². The first-order chi connectivity index (χ1) is 5.25. The molecule has 0 unspecified atom stereocenters. The molecule has 1 saturated heterocycles. The van der Waals surface area contributed by atoms with Crippen LogP contribution < -0.4 is 0 Å². The van der Waals surface area contributed by atoms with Crippen LogP contribution in [-0.2, 0) is 19.1 Å². The number of cyclic esters (lactones) is 1. The van der Waals surface area contributed by atoms with Crippen molar-refractivity contribution in [3.05, 3.63) is 0 Å². The van der Waals surface area contributed by atoms with Crippen LogP contribution in [0.3, 0.4) is 0 Å². The molecule has 1 rings (SSSR count). The second-order valence-corrected chi connectivity index (χ2v) is 2.26. The Labute approximate surface area is 64.5 Å². The zero-order valence-corrected chi connectivity index (χ0v) is 6.33. The first kappa shape index (κ1) is 8.04. The van der Waals surface area contributed by atoms with Crippen LogP contribution in [0.1, 0.15) is 13.3 Å². The lowest BCUT2D eigenvalue weighted by Crippen LogP contribution is -2.21. The molecular formula is C7H10O4. The molecule has 0 aliphatic carbocycles. The summed E-state index contributed by atoms with van der Waals surface area (Å²) in [6.07, 6.45) is 0.456. The van der Waals surface area contributed by atoms with E-state index in [1.807, 2.05) is 0 Å². The summed E-state index contributed by atoms with van der Waals surface area (Å²) in [7, 11) is 0. The monoisotopic (exact) mass is 158 g/mol. The van der Waals surface area contributed by atoms with E-state index in [1.54, 1.807) is 6.92 Å². The van der Waals surface area contributed by atoms with Crippen molar-refractivity contribution >= 4 is 11.9 Å². The molecule has 4 nitrogen and oxygen atoms in total. The molecular weight excluding hydrogens is 148 g/mol. The standard InChI is InChI=1S/C7H10O4/c1-2-10-6(8)5-3-4-11-7(5)9/h5H,2-4H2,1H3/t5-/m0/s1. The van der Waals surface area contributed by atoms with Crippen molar-refractivity contribution in [2.45, 2.75) is 13.3 Å².